The molecule has 0 unspecified atom stereocenters. The number of fused-ring (bicyclic) bond motifs is 2. The van der Waals surface area contributed by atoms with Gasteiger partial charge in [-0.1, -0.05) is 24.2 Å². The molecule has 1 aliphatic rings. The third kappa shape index (κ3) is 4.14. The van der Waals surface area contributed by atoms with Gasteiger partial charge in [-0.3, -0.25) is 9.20 Å². The number of imidazole rings is 1. The van der Waals surface area contributed by atoms with Gasteiger partial charge in [0.05, 0.1) is 21.6 Å². The normalized spacial score (nSPS) is 15.4. The third-order valence-corrected chi connectivity index (χ3v) is 9.15. The summed E-state index contributed by atoms with van der Waals surface area (Å²) in [6.07, 6.45) is 4.60. The minimum absolute atomic E-state index is 0.110. The van der Waals surface area contributed by atoms with Crippen LogP contribution < -0.4 is 5.56 Å². The summed E-state index contributed by atoms with van der Waals surface area (Å²) in [5.41, 5.74) is 3.72. The van der Waals surface area contributed by atoms with Gasteiger partial charge < -0.3 is 4.57 Å². The standard InChI is InChI=1S/C24H27N5O3S2/c1-3-28-21-10-9-19(34(31,32)27-11-5-4-6-12-27)15-20(21)26-24(28)33-16-18-14-22(30)29-13-7-8-17(2)23(29)25-18/h7-10,13-15H,3-6,11-12,16H2,1-2H3. The molecule has 4 heterocycles. The molecule has 0 amide bonds. The Morgan fingerprint density at radius 3 is 2.62 bits per heavy atom. The Morgan fingerprint density at radius 2 is 1.85 bits per heavy atom. The maximum atomic E-state index is 13.1. The number of hydrogen-bond donors (Lipinski definition) is 0. The van der Waals surface area contributed by atoms with E-state index in [0.29, 0.717) is 47.1 Å². The van der Waals surface area contributed by atoms with Crippen molar-refractivity contribution in [3.63, 3.8) is 0 Å². The summed E-state index contributed by atoms with van der Waals surface area (Å²) in [6.45, 7) is 5.81. The quantitative estimate of drug-likeness (QED) is 0.376. The fourth-order valence-electron chi connectivity index (χ4n) is 4.44. The molecular weight excluding hydrogens is 470 g/mol. The number of pyridine rings is 1. The lowest BCUT2D eigenvalue weighted by Crippen LogP contribution is -2.35. The Balaban J connectivity index is 1.45. The number of aromatic nitrogens is 4. The van der Waals surface area contributed by atoms with Crippen molar-refractivity contribution in [1.82, 2.24) is 23.2 Å². The smallest absolute Gasteiger partial charge is 0.258 e. The topological polar surface area (TPSA) is 89.6 Å². The average molecular weight is 498 g/mol. The van der Waals surface area contributed by atoms with Crippen molar-refractivity contribution in [2.75, 3.05) is 13.1 Å². The van der Waals surface area contributed by atoms with E-state index < -0.39 is 10.0 Å². The maximum Gasteiger partial charge on any atom is 0.258 e. The maximum absolute atomic E-state index is 13.1. The van der Waals surface area contributed by atoms with E-state index in [2.05, 4.69) is 9.55 Å². The fourth-order valence-corrected chi connectivity index (χ4v) is 6.95. The molecule has 5 rings (SSSR count). The molecule has 0 N–H and O–H groups in total. The number of benzene rings is 1. The highest BCUT2D eigenvalue weighted by Crippen LogP contribution is 2.29. The molecular formula is C24H27N5O3S2. The van der Waals surface area contributed by atoms with Gasteiger partial charge in [-0.25, -0.2) is 18.4 Å². The van der Waals surface area contributed by atoms with Crippen molar-refractivity contribution in [2.45, 2.75) is 55.5 Å². The molecule has 4 aromatic rings. The summed E-state index contributed by atoms with van der Waals surface area (Å²) in [5, 5.41) is 0.775. The number of piperidine rings is 1. The van der Waals surface area contributed by atoms with E-state index in [1.807, 2.05) is 32.0 Å². The second-order valence-electron chi connectivity index (χ2n) is 8.51. The summed E-state index contributed by atoms with van der Waals surface area (Å²) in [7, 11) is -3.52. The summed E-state index contributed by atoms with van der Waals surface area (Å²) in [5.74, 6) is 0.488. The number of sulfonamides is 1. The molecule has 0 radical (unpaired) electrons. The summed E-state index contributed by atoms with van der Waals surface area (Å²) in [4.78, 5) is 22.2. The van der Waals surface area contributed by atoms with Crippen LogP contribution in [0.1, 0.15) is 37.4 Å². The zero-order chi connectivity index (χ0) is 23.9. The van der Waals surface area contributed by atoms with Gasteiger partial charge in [0, 0.05) is 37.7 Å². The van der Waals surface area contributed by atoms with Crippen LogP contribution in [0.2, 0.25) is 0 Å². The molecule has 3 aromatic heterocycles. The van der Waals surface area contributed by atoms with Gasteiger partial charge in [0.25, 0.3) is 5.56 Å². The first-order chi connectivity index (χ1) is 16.4. The van der Waals surface area contributed by atoms with Crippen molar-refractivity contribution >= 4 is 38.5 Å². The molecule has 178 valence electrons. The number of nitrogens with zero attached hydrogens (tertiary/aromatic N) is 5. The lowest BCUT2D eigenvalue weighted by molar-refractivity contribution is 0.346. The Labute approximate surface area is 202 Å². The highest BCUT2D eigenvalue weighted by atomic mass is 32.2. The highest BCUT2D eigenvalue weighted by Gasteiger charge is 2.26. The first-order valence-corrected chi connectivity index (χ1v) is 13.9. The minimum atomic E-state index is -3.52. The molecule has 8 nitrogen and oxygen atoms in total. The molecule has 1 aromatic carbocycles. The van der Waals surface area contributed by atoms with Crippen LogP contribution in [-0.2, 0) is 22.3 Å². The minimum Gasteiger partial charge on any atom is -0.319 e. The van der Waals surface area contributed by atoms with Crippen LogP contribution in [0.5, 0.6) is 0 Å². The Bertz CT molecular complexity index is 1540. The van der Waals surface area contributed by atoms with Gasteiger partial charge in [0.1, 0.15) is 5.65 Å². The zero-order valence-electron chi connectivity index (χ0n) is 19.3. The number of rotatable bonds is 6. The molecule has 34 heavy (non-hydrogen) atoms. The Kier molecular flexibility index (Phi) is 6.22. The SMILES string of the molecule is CCn1c(SCc2cc(=O)n3cccc(C)c3n2)nc2cc(S(=O)(=O)N3CCCCC3)ccc21. The molecule has 0 atom stereocenters. The van der Waals surface area contributed by atoms with Crippen LogP contribution in [0.3, 0.4) is 0 Å². The van der Waals surface area contributed by atoms with E-state index in [1.165, 1.54) is 11.8 Å². The van der Waals surface area contributed by atoms with Crippen LogP contribution in [0.25, 0.3) is 16.7 Å². The van der Waals surface area contributed by atoms with Crippen molar-refractivity contribution in [1.29, 1.82) is 0 Å². The molecule has 0 saturated carbocycles. The van der Waals surface area contributed by atoms with Gasteiger partial charge in [-0.2, -0.15) is 4.31 Å². The number of thioether (sulfide) groups is 1. The van der Waals surface area contributed by atoms with E-state index in [4.69, 9.17) is 4.98 Å². The molecule has 1 saturated heterocycles. The molecule has 0 spiro atoms. The predicted octanol–water partition coefficient (Wildman–Crippen LogP) is 3.84. The van der Waals surface area contributed by atoms with Gasteiger partial charge in [-0.15, -0.1) is 0 Å². The van der Waals surface area contributed by atoms with Crippen LogP contribution in [-0.4, -0.2) is 44.7 Å². The first kappa shape index (κ1) is 23.1. The van der Waals surface area contributed by atoms with E-state index >= 15 is 0 Å². The average Bonchev–Trinajstić information content (AvgIpc) is 3.20. The summed E-state index contributed by atoms with van der Waals surface area (Å²) < 4.78 is 31.4. The van der Waals surface area contributed by atoms with E-state index in [1.54, 1.807) is 33.1 Å². The van der Waals surface area contributed by atoms with Crippen molar-refractivity contribution in [2.24, 2.45) is 0 Å². The molecule has 1 fully saturated rings. The second kappa shape index (κ2) is 9.16. The first-order valence-electron chi connectivity index (χ1n) is 11.5. The van der Waals surface area contributed by atoms with Crippen LogP contribution in [0.15, 0.2) is 57.4 Å². The van der Waals surface area contributed by atoms with Gasteiger partial charge in [0.2, 0.25) is 10.0 Å². The third-order valence-electron chi connectivity index (χ3n) is 6.24. The lowest BCUT2D eigenvalue weighted by atomic mass is 10.2. The van der Waals surface area contributed by atoms with Gasteiger partial charge in [-0.05, 0) is 56.5 Å². The van der Waals surface area contributed by atoms with Crippen molar-refractivity contribution < 1.29 is 8.42 Å². The summed E-state index contributed by atoms with van der Waals surface area (Å²) in [6, 6.07) is 10.5. The molecule has 1 aliphatic heterocycles. The number of aryl methyl sites for hydroxylation is 2. The summed E-state index contributed by atoms with van der Waals surface area (Å²) >= 11 is 1.50. The van der Waals surface area contributed by atoms with E-state index in [-0.39, 0.29) is 5.56 Å². The molecule has 0 bridgehead atoms. The van der Waals surface area contributed by atoms with E-state index in [0.717, 1.165) is 35.5 Å². The second-order valence-corrected chi connectivity index (χ2v) is 11.4. The zero-order valence-corrected chi connectivity index (χ0v) is 20.9. The Morgan fingerprint density at radius 1 is 1.06 bits per heavy atom. The predicted molar refractivity (Wildman–Crippen MR) is 134 cm³/mol. The molecule has 10 heteroatoms. The van der Waals surface area contributed by atoms with Gasteiger partial charge >= 0.3 is 0 Å². The highest BCUT2D eigenvalue weighted by molar-refractivity contribution is 7.98. The molecule has 0 aliphatic carbocycles. The fraction of sp³-hybridized carbons (Fsp3) is 0.375. The van der Waals surface area contributed by atoms with Crippen LogP contribution in [0, 0.1) is 6.92 Å². The van der Waals surface area contributed by atoms with Crippen LogP contribution >= 0.6 is 11.8 Å². The van der Waals surface area contributed by atoms with Crippen molar-refractivity contribution in [3.8, 4) is 0 Å². The largest absolute Gasteiger partial charge is 0.319 e. The Hall–Kier alpha value is -2.69. The van der Waals surface area contributed by atoms with E-state index in [9.17, 15) is 13.2 Å². The lowest BCUT2D eigenvalue weighted by Gasteiger charge is -2.25. The number of hydrogen-bond acceptors (Lipinski definition) is 6. The monoisotopic (exact) mass is 497 g/mol. The van der Waals surface area contributed by atoms with Gasteiger partial charge in [0.15, 0.2) is 5.16 Å². The van der Waals surface area contributed by atoms with Crippen molar-refractivity contribution in [3.05, 3.63) is 64.2 Å². The van der Waals surface area contributed by atoms with Crippen LogP contribution in [0.4, 0.5) is 0 Å².